The highest BCUT2D eigenvalue weighted by atomic mass is 35.5. The largest absolute Gasteiger partial charge is 0.482 e. The van der Waals surface area contributed by atoms with E-state index in [1.165, 1.54) is 0 Å². The second-order valence-electron chi connectivity index (χ2n) is 7.80. The average molecular weight is 436 g/mol. The Bertz CT molecular complexity index is 960. The summed E-state index contributed by atoms with van der Waals surface area (Å²) in [5.41, 5.74) is 2.01. The topological polar surface area (TPSA) is 63.7 Å². The van der Waals surface area contributed by atoms with Crippen LogP contribution < -0.4 is 4.74 Å². The van der Waals surface area contributed by atoms with Gasteiger partial charge < -0.3 is 9.64 Å². The van der Waals surface area contributed by atoms with E-state index < -0.39 is 9.84 Å². The molecule has 29 heavy (non-hydrogen) atoms. The molecule has 1 heterocycles. The van der Waals surface area contributed by atoms with Crippen LogP contribution in [0.2, 0.25) is 5.02 Å². The molecule has 1 fully saturated rings. The van der Waals surface area contributed by atoms with Crippen molar-refractivity contribution in [3.63, 3.8) is 0 Å². The molecule has 1 aliphatic rings. The fraction of sp³-hybridized carbons (Fsp3) is 0.409. The minimum absolute atomic E-state index is 0.0258. The molecule has 0 aliphatic carbocycles. The number of nitrogens with zero attached hydrogens (tertiary/aromatic N) is 1. The molecule has 1 saturated heterocycles. The third-order valence-electron chi connectivity index (χ3n) is 4.92. The van der Waals surface area contributed by atoms with Crippen molar-refractivity contribution in [1.29, 1.82) is 0 Å². The Labute approximate surface area is 177 Å². The van der Waals surface area contributed by atoms with Crippen molar-refractivity contribution in [1.82, 2.24) is 4.90 Å². The summed E-state index contributed by atoms with van der Waals surface area (Å²) < 4.78 is 29.4. The van der Waals surface area contributed by atoms with E-state index in [4.69, 9.17) is 16.3 Å². The zero-order valence-electron chi connectivity index (χ0n) is 16.7. The smallest absolute Gasteiger partial charge is 0.260 e. The van der Waals surface area contributed by atoms with Crippen molar-refractivity contribution in [2.24, 2.45) is 5.92 Å². The van der Waals surface area contributed by atoms with Gasteiger partial charge in [-0.25, -0.2) is 8.42 Å². The molecule has 0 N–H and O–H groups in total. The van der Waals surface area contributed by atoms with E-state index in [1.807, 2.05) is 56.3 Å². The van der Waals surface area contributed by atoms with E-state index in [0.29, 0.717) is 23.7 Å². The van der Waals surface area contributed by atoms with Crippen LogP contribution in [0.4, 0.5) is 0 Å². The Balaban J connectivity index is 1.68. The number of sulfone groups is 1. The molecule has 5 nitrogen and oxygen atoms in total. The number of hydrogen-bond donors (Lipinski definition) is 0. The third-order valence-corrected chi connectivity index (χ3v) is 6.97. The molecule has 1 atom stereocenters. The molecule has 2 aromatic carbocycles. The predicted octanol–water partition coefficient (Wildman–Crippen LogP) is 4.06. The Kier molecular flexibility index (Phi) is 6.85. The SMILES string of the molecule is CC(C)CN(C(=O)COc1ccc(-c2ccccc2)cc1Cl)C1CCS(=O)(=O)C1. The van der Waals surface area contributed by atoms with E-state index in [2.05, 4.69) is 0 Å². The van der Waals surface area contributed by atoms with Gasteiger partial charge in [0, 0.05) is 12.6 Å². The van der Waals surface area contributed by atoms with Crippen LogP contribution in [0, 0.1) is 5.92 Å². The van der Waals surface area contributed by atoms with Gasteiger partial charge in [0.1, 0.15) is 5.75 Å². The number of carbonyl (C=O) groups is 1. The first-order valence-electron chi connectivity index (χ1n) is 9.73. The highest BCUT2D eigenvalue weighted by molar-refractivity contribution is 7.91. The average Bonchev–Trinajstić information content (AvgIpc) is 3.05. The lowest BCUT2D eigenvalue weighted by Crippen LogP contribution is -2.45. The summed E-state index contributed by atoms with van der Waals surface area (Å²) in [7, 11) is -3.07. The minimum atomic E-state index is -3.07. The summed E-state index contributed by atoms with van der Waals surface area (Å²) in [4.78, 5) is 14.5. The molecule has 1 unspecified atom stereocenters. The molecule has 3 rings (SSSR count). The zero-order chi connectivity index (χ0) is 21.0. The van der Waals surface area contributed by atoms with Crippen molar-refractivity contribution >= 4 is 27.3 Å². The molecule has 0 saturated carbocycles. The first kappa shape index (κ1) is 21.7. The molecule has 0 spiro atoms. The number of hydrogen-bond acceptors (Lipinski definition) is 4. The molecular formula is C22H26ClNO4S. The van der Waals surface area contributed by atoms with Crippen LogP contribution in [0.1, 0.15) is 20.3 Å². The monoisotopic (exact) mass is 435 g/mol. The molecule has 2 aromatic rings. The molecule has 156 valence electrons. The van der Waals surface area contributed by atoms with Gasteiger partial charge in [-0.15, -0.1) is 0 Å². The predicted molar refractivity (Wildman–Crippen MR) is 116 cm³/mol. The molecule has 7 heteroatoms. The first-order chi connectivity index (χ1) is 13.7. The van der Waals surface area contributed by atoms with Crippen molar-refractivity contribution in [2.75, 3.05) is 24.7 Å². The number of halogens is 1. The van der Waals surface area contributed by atoms with Gasteiger partial charge in [0.15, 0.2) is 16.4 Å². The van der Waals surface area contributed by atoms with Crippen LogP contribution in [0.3, 0.4) is 0 Å². The summed E-state index contributed by atoms with van der Waals surface area (Å²) in [6, 6.07) is 15.0. The van der Waals surface area contributed by atoms with E-state index in [-0.39, 0.29) is 36.0 Å². The maximum Gasteiger partial charge on any atom is 0.260 e. The highest BCUT2D eigenvalue weighted by Gasteiger charge is 2.35. The van der Waals surface area contributed by atoms with E-state index >= 15 is 0 Å². The molecule has 1 aliphatic heterocycles. The normalized spacial score (nSPS) is 18.0. The molecule has 1 amide bonds. The van der Waals surface area contributed by atoms with E-state index in [9.17, 15) is 13.2 Å². The van der Waals surface area contributed by atoms with E-state index in [0.717, 1.165) is 11.1 Å². The van der Waals surface area contributed by atoms with Gasteiger partial charge in [0.25, 0.3) is 5.91 Å². The van der Waals surface area contributed by atoms with E-state index in [1.54, 1.807) is 11.0 Å². The van der Waals surface area contributed by atoms with Crippen LogP contribution in [-0.4, -0.2) is 49.9 Å². The van der Waals surface area contributed by atoms with Crippen LogP contribution in [0.25, 0.3) is 11.1 Å². The van der Waals surface area contributed by atoms with Crippen molar-refractivity contribution in [2.45, 2.75) is 26.3 Å². The van der Waals surface area contributed by atoms with Crippen LogP contribution in [0.5, 0.6) is 5.75 Å². The zero-order valence-corrected chi connectivity index (χ0v) is 18.2. The van der Waals surface area contributed by atoms with Crippen LogP contribution in [-0.2, 0) is 14.6 Å². The molecule has 0 radical (unpaired) electrons. The van der Waals surface area contributed by atoms with Gasteiger partial charge in [-0.05, 0) is 35.6 Å². The second-order valence-corrected chi connectivity index (χ2v) is 10.4. The maximum absolute atomic E-state index is 12.8. The summed E-state index contributed by atoms with van der Waals surface area (Å²) in [5, 5.41) is 0.429. The highest BCUT2D eigenvalue weighted by Crippen LogP contribution is 2.30. The van der Waals surface area contributed by atoms with Crippen LogP contribution in [0.15, 0.2) is 48.5 Å². The van der Waals surface area contributed by atoms with Gasteiger partial charge in [-0.1, -0.05) is 61.8 Å². The third kappa shape index (κ3) is 5.73. The fourth-order valence-electron chi connectivity index (χ4n) is 3.52. The number of carbonyl (C=O) groups excluding carboxylic acids is 1. The Morgan fingerprint density at radius 3 is 2.48 bits per heavy atom. The quantitative estimate of drug-likeness (QED) is 0.657. The van der Waals surface area contributed by atoms with Crippen molar-refractivity contribution < 1.29 is 17.9 Å². The number of rotatable bonds is 7. The summed E-state index contributed by atoms with van der Waals surface area (Å²) in [6.45, 7) is 4.34. The van der Waals surface area contributed by atoms with Crippen LogP contribution >= 0.6 is 11.6 Å². The first-order valence-corrected chi connectivity index (χ1v) is 11.9. The Hall–Kier alpha value is -2.05. The van der Waals surface area contributed by atoms with Gasteiger partial charge in [-0.3, -0.25) is 4.79 Å². The fourth-order valence-corrected chi connectivity index (χ4v) is 5.49. The van der Waals surface area contributed by atoms with Gasteiger partial charge in [0.2, 0.25) is 0 Å². The second kappa shape index (κ2) is 9.18. The summed E-state index contributed by atoms with van der Waals surface area (Å²) in [5.74, 6) is 0.605. The van der Waals surface area contributed by atoms with Gasteiger partial charge in [0.05, 0.1) is 16.5 Å². The maximum atomic E-state index is 12.8. The standard InChI is InChI=1S/C22H26ClNO4S/c1-16(2)13-24(19-10-11-29(26,27)15-19)22(25)14-28-21-9-8-18(12-20(21)23)17-6-4-3-5-7-17/h3-9,12,16,19H,10-11,13-15H2,1-2H3. The number of amides is 1. The van der Waals surface area contributed by atoms with Gasteiger partial charge in [-0.2, -0.15) is 0 Å². The lowest BCUT2D eigenvalue weighted by atomic mass is 10.1. The minimum Gasteiger partial charge on any atom is -0.482 e. The van der Waals surface area contributed by atoms with Crippen molar-refractivity contribution in [3.8, 4) is 16.9 Å². The van der Waals surface area contributed by atoms with Gasteiger partial charge >= 0.3 is 0 Å². The summed E-state index contributed by atoms with van der Waals surface area (Å²) >= 11 is 6.36. The molecule has 0 aromatic heterocycles. The lowest BCUT2D eigenvalue weighted by Gasteiger charge is -2.30. The molecule has 0 bridgehead atoms. The number of ether oxygens (including phenoxy) is 1. The van der Waals surface area contributed by atoms with Crippen molar-refractivity contribution in [3.05, 3.63) is 53.6 Å². The summed E-state index contributed by atoms with van der Waals surface area (Å²) in [6.07, 6.45) is 0.479. The Morgan fingerprint density at radius 1 is 1.17 bits per heavy atom. The lowest BCUT2D eigenvalue weighted by molar-refractivity contribution is -0.135. The number of benzene rings is 2. The Morgan fingerprint density at radius 2 is 1.90 bits per heavy atom. The molecular weight excluding hydrogens is 410 g/mol.